The Morgan fingerprint density at radius 1 is 0.838 bits per heavy atom. The number of hydrogen-bond acceptors (Lipinski definition) is 6. The summed E-state index contributed by atoms with van der Waals surface area (Å²) in [6, 6.07) is 16.8. The van der Waals surface area contributed by atoms with Gasteiger partial charge in [0.15, 0.2) is 0 Å². The van der Waals surface area contributed by atoms with Gasteiger partial charge in [-0.1, -0.05) is 60.7 Å². The molecule has 0 aliphatic carbocycles. The van der Waals surface area contributed by atoms with Gasteiger partial charge in [0.05, 0.1) is 19.8 Å². The molecule has 2 saturated heterocycles. The van der Waals surface area contributed by atoms with E-state index in [4.69, 9.17) is 9.05 Å². The summed E-state index contributed by atoms with van der Waals surface area (Å²) in [6.07, 6.45) is 2.11. The quantitative estimate of drug-likeness (QED) is 0.425. The van der Waals surface area contributed by atoms with Crippen molar-refractivity contribution in [3.63, 3.8) is 0 Å². The first-order valence-corrected chi connectivity index (χ1v) is 14.0. The molecule has 2 aliphatic rings. The van der Waals surface area contributed by atoms with E-state index in [9.17, 15) is 24.1 Å². The molecule has 2 unspecified atom stereocenters. The molecule has 11 heteroatoms. The van der Waals surface area contributed by atoms with Crippen LogP contribution in [0.3, 0.4) is 0 Å². The number of carboxylic acids is 1. The highest BCUT2D eigenvalue weighted by Gasteiger charge is 2.42. The van der Waals surface area contributed by atoms with Gasteiger partial charge in [-0.3, -0.25) is 18.6 Å². The lowest BCUT2D eigenvalue weighted by atomic mass is 10.1. The first-order valence-electron chi connectivity index (χ1n) is 12.4. The summed E-state index contributed by atoms with van der Waals surface area (Å²) >= 11 is 0. The topological polar surface area (TPSA) is 125 Å². The number of carbonyl (C=O) groups is 3. The molecule has 198 valence electrons. The van der Waals surface area contributed by atoms with E-state index in [1.54, 1.807) is 0 Å². The predicted molar refractivity (Wildman–Crippen MR) is 135 cm³/mol. The molecule has 0 radical (unpaired) electrons. The molecule has 2 aromatic carbocycles. The third-order valence-electron chi connectivity index (χ3n) is 6.59. The number of likely N-dealkylation sites (tertiary alicyclic amines) is 2. The van der Waals surface area contributed by atoms with Crippen LogP contribution in [0.5, 0.6) is 0 Å². The highest BCUT2D eigenvalue weighted by molar-refractivity contribution is 7.51. The van der Waals surface area contributed by atoms with Crippen molar-refractivity contribution >= 4 is 25.5 Å². The summed E-state index contributed by atoms with van der Waals surface area (Å²) in [5.41, 5.74) is 1.59. The van der Waals surface area contributed by atoms with E-state index >= 15 is 0 Å². The molecule has 0 bridgehead atoms. The molecule has 2 atom stereocenters. The fourth-order valence-electron chi connectivity index (χ4n) is 4.66. The minimum Gasteiger partial charge on any atom is -0.480 e. The Morgan fingerprint density at radius 2 is 1.35 bits per heavy atom. The van der Waals surface area contributed by atoms with E-state index in [1.165, 1.54) is 9.80 Å². The van der Waals surface area contributed by atoms with Crippen LogP contribution in [0.1, 0.15) is 36.8 Å². The van der Waals surface area contributed by atoms with Crippen LogP contribution in [0.2, 0.25) is 0 Å². The van der Waals surface area contributed by atoms with Gasteiger partial charge in [0.2, 0.25) is 11.8 Å². The molecular weight excluding hydrogens is 497 g/mol. The van der Waals surface area contributed by atoms with Gasteiger partial charge in [-0.15, -0.1) is 0 Å². The Balaban J connectivity index is 1.40. The molecule has 2 heterocycles. The van der Waals surface area contributed by atoms with Gasteiger partial charge in [0, 0.05) is 13.1 Å². The van der Waals surface area contributed by atoms with Crippen LogP contribution >= 0.6 is 7.75 Å². The van der Waals surface area contributed by atoms with Gasteiger partial charge in [-0.25, -0.2) is 14.4 Å². The Labute approximate surface area is 216 Å². The SMILES string of the molecule is O=C(O)C1CCCN1C(=O)C1CCCN1C(=O)CNP(=O)(OCc1ccccc1)OCc1ccccc1. The molecule has 2 amide bonds. The Bertz CT molecular complexity index is 1080. The van der Waals surface area contributed by atoms with Crippen molar-refractivity contribution in [1.29, 1.82) is 0 Å². The standard InChI is InChI=1S/C26H32N3O7P/c30-24(28-15-7-13-22(28)25(31)29-16-8-14-23(29)26(32)33)17-27-37(34,35-18-20-9-3-1-4-10-20)36-19-21-11-5-2-6-12-21/h1-6,9-12,22-23H,7-8,13-19H2,(H,27,34)(H,32,33). The fourth-order valence-corrected chi connectivity index (χ4v) is 5.89. The minimum atomic E-state index is -3.90. The predicted octanol–water partition coefficient (Wildman–Crippen LogP) is 3.18. The number of nitrogens with one attached hydrogen (secondary N) is 1. The molecule has 4 rings (SSSR count). The van der Waals surface area contributed by atoms with Crippen molar-refractivity contribution in [2.45, 2.75) is 51.0 Å². The third kappa shape index (κ3) is 7.05. The summed E-state index contributed by atoms with van der Waals surface area (Å²) in [5, 5.41) is 12.1. The maximum atomic E-state index is 13.6. The van der Waals surface area contributed by atoms with Crippen molar-refractivity contribution in [2.75, 3.05) is 19.6 Å². The Kier molecular flexibility index (Phi) is 9.10. The van der Waals surface area contributed by atoms with Gasteiger partial charge in [-0.2, -0.15) is 0 Å². The number of carbonyl (C=O) groups excluding carboxylic acids is 2. The molecule has 0 spiro atoms. The van der Waals surface area contributed by atoms with Gasteiger partial charge < -0.3 is 14.9 Å². The second-order valence-electron chi connectivity index (χ2n) is 9.12. The number of amides is 2. The van der Waals surface area contributed by atoms with Crippen LogP contribution in [0.25, 0.3) is 0 Å². The van der Waals surface area contributed by atoms with E-state index in [0.29, 0.717) is 38.8 Å². The third-order valence-corrected chi connectivity index (χ3v) is 8.07. The van der Waals surface area contributed by atoms with Gasteiger partial charge in [0.25, 0.3) is 0 Å². The second-order valence-corrected chi connectivity index (χ2v) is 11.0. The number of hydrogen-bond donors (Lipinski definition) is 2. The number of nitrogens with zero attached hydrogens (tertiary/aromatic N) is 2. The summed E-state index contributed by atoms with van der Waals surface area (Å²) < 4.78 is 24.9. The summed E-state index contributed by atoms with van der Waals surface area (Å²) in [5.74, 6) is -1.80. The Morgan fingerprint density at radius 3 is 1.89 bits per heavy atom. The minimum absolute atomic E-state index is 0.0183. The first-order chi connectivity index (χ1) is 17.9. The molecule has 0 saturated carbocycles. The van der Waals surface area contributed by atoms with Crippen LogP contribution in [0.4, 0.5) is 0 Å². The lowest BCUT2D eigenvalue weighted by Gasteiger charge is -2.30. The zero-order valence-electron chi connectivity index (χ0n) is 20.5. The molecule has 2 aromatic rings. The Hall–Kier alpha value is -3.04. The fraction of sp³-hybridized carbons (Fsp3) is 0.423. The van der Waals surface area contributed by atoms with Gasteiger partial charge in [-0.05, 0) is 36.8 Å². The highest BCUT2D eigenvalue weighted by Crippen LogP contribution is 2.45. The number of aliphatic carboxylic acids is 1. The summed E-state index contributed by atoms with van der Waals surface area (Å²) in [4.78, 5) is 40.6. The smallest absolute Gasteiger partial charge is 0.406 e. The average Bonchev–Trinajstić information content (AvgIpc) is 3.61. The van der Waals surface area contributed by atoms with Gasteiger partial charge >= 0.3 is 13.7 Å². The lowest BCUT2D eigenvalue weighted by molar-refractivity contribution is -0.151. The van der Waals surface area contributed by atoms with Crippen LogP contribution in [0.15, 0.2) is 60.7 Å². The maximum Gasteiger partial charge on any atom is 0.406 e. The van der Waals surface area contributed by atoms with Crippen LogP contribution < -0.4 is 5.09 Å². The normalized spacial score (nSPS) is 19.8. The number of benzene rings is 2. The zero-order chi connectivity index (χ0) is 26.3. The second kappa shape index (κ2) is 12.5. The van der Waals surface area contributed by atoms with E-state index < -0.39 is 31.7 Å². The van der Waals surface area contributed by atoms with Crippen LogP contribution in [0, 0.1) is 0 Å². The highest BCUT2D eigenvalue weighted by atomic mass is 31.2. The average molecular weight is 530 g/mol. The van der Waals surface area contributed by atoms with Crippen LogP contribution in [-0.4, -0.2) is 64.4 Å². The van der Waals surface area contributed by atoms with E-state index in [0.717, 1.165) is 11.1 Å². The van der Waals surface area contributed by atoms with Crippen LogP contribution in [-0.2, 0) is 41.2 Å². The van der Waals surface area contributed by atoms with Gasteiger partial charge in [0.1, 0.15) is 12.1 Å². The van der Waals surface area contributed by atoms with Crippen molar-refractivity contribution in [2.24, 2.45) is 0 Å². The van der Waals surface area contributed by atoms with Crippen molar-refractivity contribution < 1.29 is 33.1 Å². The van der Waals surface area contributed by atoms with Crippen molar-refractivity contribution in [1.82, 2.24) is 14.9 Å². The molecule has 2 N–H and O–H groups in total. The molecule has 10 nitrogen and oxygen atoms in total. The molecule has 2 aliphatic heterocycles. The first kappa shape index (κ1) is 27.0. The molecule has 2 fully saturated rings. The maximum absolute atomic E-state index is 13.6. The van der Waals surface area contributed by atoms with E-state index in [-0.39, 0.29) is 25.7 Å². The lowest BCUT2D eigenvalue weighted by Crippen LogP contribution is -2.52. The zero-order valence-corrected chi connectivity index (χ0v) is 21.4. The molecule has 0 aromatic heterocycles. The number of carboxylic acid groups (broad SMARTS) is 1. The summed E-state index contributed by atoms with van der Waals surface area (Å²) in [7, 11) is -3.90. The summed E-state index contributed by atoms with van der Waals surface area (Å²) in [6.45, 7) is 0.410. The van der Waals surface area contributed by atoms with E-state index in [2.05, 4.69) is 5.09 Å². The van der Waals surface area contributed by atoms with Crippen molar-refractivity contribution in [3.05, 3.63) is 71.8 Å². The monoisotopic (exact) mass is 529 g/mol. The van der Waals surface area contributed by atoms with E-state index in [1.807, 2.05) is 60.7 Å². The molecule has 37 heavy (non-hydrogen) atoms. The van der Waals surface area contributed by atoms with Crippen molar-refractivity contribution in [3.8, 4) is 0 Å². The largest absolute Gasteiger partial charge is 0.480 e. The number of rotatable bonds is 11. The molecular formula is C26H32N3O7P.